The molecule has 2 aliphatic rings. The van der Waals surface area contributed by atoms with Gasteiger partial charge in [0, 0.05) is 34.2 Å². The number of hydrogen-bond donors (Lipinski definition) is 0. The van der Waals surface area contributed by atoms with Gasteiger partial charge in [0.2, 0.25) is 0 Å². The van der Waals surface area contributed by atoms with Gasteiger partial charge in [0.1, 0.15) is 5.92 Å². The van der Waals surface area contributed by atoms with Gasteiger partial charge >= 0.3 is 0 Å². The van der Waals surface area contributed by atoms with Crippen molar-refractivity contribution in [2.24, 2.45) is 22.2 Å². The average Bonchev–Trinajstić information content (AvgIpc) is 2.58. The van der Waals surface area contributed by atoms with E-state index in [0.717, 1.165) is 5.70 Å². The van der Waals surface area contributed by atoms with Crippen molar-refractivity contribution >= 4 is 40.0 Å². The summed E-state index contributed by atoms with van der Waals surface area (Å²) >= 11 is 7.16. The van der Waals surface area contributed by atoms with Crippen LogP contribution in [-0.2, 0) is 4.79 Å². The molecule has 1 heterocycles. The number of rotatable bonds is 3. The fourth-order valence-electron chi connectivity index (χ4n) is 3.65. The maximum Gasteiger partial charge on any atom is 0.173 e. The Morgan fingerprint density at radius 2 is 2.00 bits per heavy atom. The highest BCUT2D eigenvalue weighted by molar-refractivity contribution is 8.14. The van der Waals surface area contributed by atoms with Gasteiger partial charge < -0.3 is 0 Å². The highest BCUT2D eigenvalue weighted by atomic mass is 35.5. The normalized spacial score (nSPS) is 24.1. The van der Waals surface area contributed by atoms with Crippen LogP contribution >= 0.6 is 23.4 Å². The Hall–Kier alpha value is -1.90. The molecule has 0 N–H and O–H groups in total. The molecular formula is C21H21ClN2O2S. The van der Waals surface area contributed by atoms with E-state index in [1.807, 2.05) is 6.92 Å². The van der Waals surface area contributed by atoms with Crippen LogP contribution in [0.1, 0.15) is 44.0 Å². The van der Waals surface area contributed by atoms with Crippen LogP contribution in [0.4, 0.5) is 0 Å². The second kappa shape index (κ2) is 7.61. The van der Waals surface area contributed by atoms with Crippen LogP contribution in [0.15, 0.2) is 40.5 Å². The van der Waals surface area contributed by atoms with Gasteiger partial charge in [-0.15, -0.1) is 11.8 Å². The first-order valence-corrected chi connectivity index (χ1v) is 10.2. The van der Waals surface area contributed by atoms with E-state index in [1.165, 1.54) is 11.8 Å². The second-order valence-electron chi connectivity index (χ2n) is 7.87. The zero-order chi connectivity index (χ0) is 19.8. The first kappa shape index (κ1) is 19.9. The van der Waals surface area contributed by atoms with Gasteiger partial charge in [-0.05, 0) is 36.1 Å². The van der Waals surface area contributed by atoms with E-state index < -0.39 is 5.92 Å². The van der Waals surface area contributed by atoms with Crippen LogP contribution < -0.4 is 0 Å². The van der Waals surface area contributed by atoms with E-state index in [2.05, 4.69) is 24.9 Å². The van der Waals surface area contributed by atoms with E-state index in [-0.39, 0.29) is 28.7 Å². The van der Waals surface area contributed by atoms with E-state index in [9.17, 15) is 14.9 Å². The Morgan fingerprint density at radius 3 is 2.63 bits per heavy atom. The minimum absolute atomic E-state index is 0.0384. The van der Waals surface area contributed by atoms with Crippen molar-refractivity contribution in [2.45, 2.75) is 33.6 Å². The molecule has 4 nitrogen and oxygen atoms in total. The summed E-state index contributed by atoms with van der Waals surface area (Å²) in [6.45, 7) is 6.03. The number of halogens is 1. The monoisotopic (exact) mass is 400 g/mol. The highest BCUT2D eigenvalue weighted by Gasteiger charge is 2.41. The van der Waals surface area contributed by atoms with Crippen molar-refractivity contribution in [1.29, 1.82) is 5.26 Å². The molecule has 1 aromatic carbocycles. The quantitative estimate of drug-likeness (QED) is 0.662. The molecule has 1 aliphatic carbocycles. The summed E-state index contributed by atoms with van der Waals surface area (Å²) in [6, 6.07) is 9.04. The molecule has 0 bridgehead atoms. The number of allylic oxidation sites excluding steroid dienone is 2. The summed E-state index contributed by atoms with van der Waals surface area (Å²) in [5.41, 5.74) is 1.94. The Bertz CT molecular complexity index is 894. The molecule has 0 saturated heterocycles. The zero-order valence-electron chi connectivity index (χ0n) is 15.6. The van der Waals surface area contributed by atoms with Gasteiger partial charge in [-0.3, -0.25) is 9.59 Å². The first-order chi connectivity index (χ1) is 12.7. The van der Waals surface area contributed by atoms with Gasteiger partial charge in [-0.25, -0.2) is 4.99 Å². The number of nitrogens with zero attached hydrogens (tertiary/aromatic N) is 2. The van der Waals surface area contributed by atoms with Crippen molar-refractivity contribution in [3.8, 4) is 6.07 Å². The van der Waals surface area contributed by atoms with Crippen LogP contribution in [0, 0.1) is 28.6 Å². The molecule has 6 heteroatoms. The number of thioether (sulfide) groups is 1. The minimum Gasteiger partial charge on any atom is -0.294 e. The number of carbonyl (C=O) groups is 2. The molecule has 1 aliphatic heterocycles. The van der Waals surface area contributed by atoms with Gasteiger partial charge in [0.05, 0.1) is 16.9 Å². The maximum absolute atomic E-state index is 12.6. The Balaban J connectivity index is 1.83. The van der Waals surface area contributed by atoms with Gasteiger partial charge in [-0.1, -0.05) is 32.4 Å². The van der Waals surface area contributed by atoms with E-state index in [1.54, 1.807) is 24.3 Å². The van der Waals surface area contributed by atoms with Crippen molar-refractivity contribution in [2.75, 3.05) is 5.75 Å². The molecule has 27 heavy (non-hydrogen) atoms. The summed E-state index contributed by atoms with van der Waals surface area (Å²) in [4.78, 5) is 29.7. The molecule has 1 aromatic rings. The second-order valence-corrected chi connectivity index (χ2v) is 9.30. The summed E-state index contributed by atoms with van der Waals surface area (Å²) in [6.07, 6.45) is 1.20. The fraction of sp³-hybridized carbons (Fsp3) is 0.429. The summed E-state index contributed by atoms with van der Waals surface area (Å²) < 4.78 is 0. The fourth-order valence-corrected chi connectivity index (χ4v) is 4.83. The van der Waals surface area contributed by atoms with Gasteiger partial charge in [0.15, 0.2) is 11.6 Å². The minimum atomic E-state index is -0.489. The third-order valence-electron chi connectivity index (χ3n) is 5.02. The molecule has 0 fully saturated rings. The molecule has 0 amide bonds. The van der Waals surface area contributed by atoms with Crippen LogP contribution in [0.5, 0.6) is 0 Å². The molecule has 0 radical (unpaired) electrons. The zero-order valence-corrected chi connectivity index (χ0v) is 17.2. The lowest BCUT2D eigenvalue weighted by Crippen LogP contribution is -2.35. The smallest absolute Gasteiger partial charge is 0.173 e. The predicted octanol–water partition coefficient (Wildman–Crippen LogP) is 5.09. The molecule has 0 spiro atoms. The average molecular weight is 401 g/mol. The van der Waals surface area contributed by atoms with Crippen LogP contribution in [0.3, 0.4) is 0 Å². The largest absolute Gasteiger partial charge is 0.294 e. The van der Waals surface area contributed by atoms with Gasteiger partial charge in [-0.2, -0.15) is 5.26 Å². The topological polar surface area (TPSA) is 70.3 Å². The number of aliphatic imine (C=N–C) groups is 1. The lowest BCUT2D eigenvalue weighted by atomic mass is 9.70. The SMILES string of the molecule is CC1C2=C(CC(C)(C)CC2=O)N=C(SCC(=O)c2ccc(Cl)cc2)C1C#N. The van der Waals surface area contributed by atoms with E-state index in [4.69, 9.17) is 11.6 Å². The molecule has 0 saturated carbocycles. The third-order valence-corrected chi connectivity index (χ3v) is 6.32. The lowest BCUT2D eigenvalue weighted by molar-refractivity contribution is -0.118. The number of Topliss-reactive ketones (excluding diaryl/α,β-unsaturated/α-hetero) is 2. The standard InChI is InChI=1S/C21H21ClN2O2S/c1-12-15(10-23)20(24-16-8-21(2,3)9-17(25)19(12)16)27-11-18(26)13-4-6-14(22)7-5-13/h4-7,12,15H,8-9,11H2,1-3H3. The molecule has 2 unspecified atom stereocenters. The summed E-state index contributed by atoms with van der Waals surface area (Å²) in [7, 11) is 0. The Morgan fingerprint density at radius 1 is 1.33 bits per heavy atom. The highest BCUT2D eigenvalue weighted by Crippen LogP contribution is 2.44. The van der Waals surface area contributed by atoms with E-state index in [0.29, 0.717) is 34.0 Å². The number of ketones is 2. The molecule has 3 rings (SSSR count). The van der Waals surface area contributed by atoms with Crippen LogP contribution in [0.25, 0.3) is 0 Å². The predicted molar refractivity (Wildman–Crippen MR) is 109 cm³/mol. The molecule has 0 aromatic heterocycles. The van der Waals surface area contributed by atoms with Gasteiger partial charge in [0.25, 0.3) is 0 Å². The number of carbonyl (C=O) groups excluding carboxylic acids is 2. The summed E-state index contributed by atoms with van der Waals surface area (Å²) in [5, 5.41) is 10.9. The van der Waals surface area contributed by atoms with Crippen LogP contribution in [-0.4, -0.2) is 22.4 Å². The molecule has 140 valence electrons. The first-order valence-electron chi connectivity index (χ1n) is 8.88. The third kappa shape index (κ3) is 4.17. The van der Waals surface area contributed by atoms with Crippen molar-refractivity contribution < 1.29 is 9.59 Å². The lowest BCUT2D eigenvalue weighted by Gasteiger charge is -2.36. The molecular weight excluding hydrogens is 380 g/mol. The Labute approximate surface area is 168 Å². The van der Waals surface area contributed by atoms with Crippen molar-refractivity contribution in [1.82, 2.24) is 0 Å². The Kier molecular flexibility index (Phi) is 5.60. The van der Waals surface area contributed by atoms with Crippen LogP contribution in [0.2, 0.25) is 5.02 Å². The van der Waals surface area contributed by atoms with E-state index >= 15 is 0 Å². The number of nitriles is 1. The maximum atomic E-state index is 12.6. The van der Waals surface area contributed by atoms with Crippen molar-refractivity contribution in [3.63, 3.8) is 0 Å². The summed E-state index contributed by atoms with van der Waals surface area (Å²) in [5.74, 6) is -0.426. The number of hydrogen-bond acceptors (Lipinski definition) is 5. The number of benzene rings is 1. The van der Waals surface area contributed by atoms with Crippen molar-refractivity contribution in [3.05, 3.63) is 46.1 Å². The molecule has 2 atom stereocenters.